The average molecular weight is 214 g/mol. The molecule has 1 atom stereocenters. The molecule has 1 fully saturated rings. The number of nitrogens with zero attached hydrogens (tertiary/aromatic N) is 1. The summed E-state index contributed by atoms with van der Waals surface area (Å²) in [6, 6.07) is 0.644. The summed E-state index contributed by atoms with van der Waals surface area (Å²) in [4.78, 5) is 4.55. The van der Waals surface area contributed by atoms with Crippen molar-refractivity contribution in [3.05, 3.63) is 0 Å². The number of hydrogen-bond acceptors (Lipinski definition) is 2. The van der Waals surface area contributed by atoms with E-state index in [0.717, 1.165) is 17.6 Å². The highest BCUT2D eigenvalue weighted by molar-refractivity contribution is 8.14. The summed E-state index contributed by atoms with van der Waals surface area (Å²) in [5.74, 6) is 2.63. The van der Waals surface area contributed by atoms with E-state index in [9.17, 15) is 0 Å². The number of thioether (sulfide) groups is 1. The van der Waals surface area contributed by atoms with E-state index in [4.69, 9.17) is 0 Å². The first-order valence-electron chi connectivity index (χ1n) is 5.51. The molecule has 0 radical (unpaired) electrons. The predicted molar refractivity (Wildman–Crippen MR) is 66.0 cm³/mol. The molecule has 0 bridgehead atoms. The molecule has 0 amide bonds. The van der Waals surface area contributed by atoms with Crippen molar-refractivity contribution in [1.29, 1.82) is 0 Å². The maximum Gasteiger partial charge on any atom is 0.156 e. The third kappa shape index (κ3) is 4.36. The van der Waals surface area contributed by atoms with Crippen LogP contribution in [0.4, 0.5) is 0 Å². The van der Waals surface area contributed by atoms with Gasteiger partial charge in [-0.2, -0.15) is 0 Å². The zero-order valence-corrected chi connectivity index (χ0v) is 10.5. The van der Waals surface area contributed by atoms with Crippen LogP contribution in [0, 0.1) is 11.8 Å². The van der Waals surface area contributed by atoms with Crippen LogP contribution >= 0.6 is 11.8 Å². The number of rotatable bonds is 4. The fourth-order valence-corrected chi connectivity index (χ4v) is 2.48. The fraction of sp³-hybridized carbons (Fsp3) is 0.909. The number of nitrogens with one attached hydrogen (secondary N) is 1. The normalized spacial score (nSPS) is 25.0. The lowest BCUT2D eigenvalue weighted by molar-refractivity contribution is 0.502. The van der Waals surface area contributed by atoms with E-state index in [1.165, 1.54) is 12.2 Å². The number of amidine groups is 1. The van der Waals surface area contributed by atoms with Crippen molar-refractivity contribution in [2.75, 3.05) is 12.3 Å². The monoisotopic (exact) mass is 214 g/mol. The minimum atomic E-state index is 0.644. The van der Waals surface area contributed by atoms with Gasteiger partial charge in [0.25, 0.3) is 0 Å². The SMILES string of the molecule is CC(C)CN=C1NC(CC(C)C)CS1. The smallest absolute Gasteiger partial charge is 0.156 e. The standard InChI is InChI=1S/C11H22N2S/c1-8(2)5-10-7-14-11(13-10)12-6-9(3)4/h8-10H,5-7H2,1-4H3,(H,12,13). The van der Waals surface area contributed by atoms with Crippen LogP contribution in [0.5, 0.6) is 0 Å². The first-order chi connectivity index (χ1) is 6.58. The third-order valence-electron chi connectivity index (χ3n) is 2.10. The van der Waals surface area contributed by atoms with E-state index in [-0.39, 0.29) is 0 Å². The van der Waals surface area contributed by atoms with Crippen molar-refractivity contribution >= 4 is 16.9 Å². The molecule has 0 saturated carbocycles. The Balaban J connectivity index is 2.29. The van der Waals surface area contributed by atoms with E-state index in [1.807, 2.05) is 11.8 Å². The van der Waals surface area contributed by atoms with Gasteiger partial charge in [-0.15, -0.1) is 0 Å². The Hall–Kier alpha value is -0.180. The summed E-state index contributed by atoms with van der Waals surface area (Å²) in [5, 5.41) is 4.65. The zero-order chi connectivity index (χ0) is 10.6. The van der Waals surface area contributed by atoms with Crippen LogP contribution in [0.2, 0.25) is 0 Å². The van der Waals surface area contributed by atoms with Gasteiger partial charge in [0.2, 0.25) is 0 Å². The van der Waals surface area contributed by atoms with Crippen LogP contribution < -0.4 is 5.32 Å². The van der Waals surface area contributed by atoms with E-state index in [1.54, 1.807) is 0 Å². The molecule has 1 N–H and O–H groups in total. The van der Waals surface area contributed by atoms with E-state index >= 15 is 0 Å². The van der Waals surface area contributed by atoms with Crippen LogP contribution in [0.3, 0.4) is 0 Å². The van der Waals surface area contributed by atoms with E-state index in [0.29, 0.717) is 12.0 Å². The summed E-state index contributed by atoms with van der Waals surface area (Å²) in [6.07, 6.45) is 1.26. The summed E-state index contributed by atoms with van der Waals surface area (Å²) in [7, 11) is 0. The molecular weight excluding hydrogens is 192 g/mol. The molecule has 3 heteroatoms. The van der Waals surface area contributed by atoms with Gasteiger partial charge >= 0.3 is 0 Å². The minimum absolute atomic E-state index is 0.644. The molecule has 1 aliphatic rings. The quantitative estimate of drug-likeness (QED) is 0.778. The van der Waals surface area contributed by atoms with Gasteiger partial charge in [-0.25, -0.2) is 0 Å². The minimum Gasteiger partial charge on any atom is -0.361 e. The van der Waals surface area contributed by atoms with Gasteiger partial charge in [0.1, 0.15) is 0 Å². The second kappa shape index (κ2) is 5.64. The van der Waals surface area contributed by atoms with Crippen LogP contribution in [-0.4, -0.2) is 23.5 Å². The second-order valence-electron chi connectivity index (χ2n) is 4.82. The Labute approximate surface area is 92.0 Å². The highest BCUT2D eigenvalue weighted by atomic mass is 32.2. The Kier molecular flexibility index (Phi) is 4.79. The van der Waals surface area contributed by atoms with Crippen molar-refractivity contribution in [2.45, 2.75) is 40.2 Å². The van der Waals surface area contributed by atoms with Crippen LogP contribution in [0.1, 0.15) is 34.1 Å². The molecule has 0 spiro atoms. The summed E-state index contributed by atoms with van der Waals surface area (Å²) in [5.41, 5.74) is 0. The first kappa shape index (κ1) is 11.9. The predicted octanol–water partition coefficient (Wildman–Crippen LogP) is 2.75. The Bertz CT molecular complexity index is 199. The molecule has 1 rings (SSSR count). The molecule has 0 aromatic rings. The molecular formula is C11H22N2S. The third-order valence-corrected chi connectivity index (χ3v) is 3.19. The zero-order valence-electron chi connectivity index (χ0n) is 9.71. The van der Waals surface area contributed by atoms with Gasteiger partial charge in [-0.05, 0) is 18.3 Å². The van der Waals surface area contributed by atoms with Crippen LogP contribution in [0.25, 0.3) is 0 Å². The van der Waals surface area contributed by atoms with Crippen molar-refractivity contribution in [3.63, 3.8) is 0 Å². The van der Waals surface area contributed by atoms with Gasteiger partial charge in [0.15, 0.2) is 5.17 Å². The summed E-state index contributed by atoms with van der Waals surface area (Å²) >= 11 is 1.87. The van der Waals surface area contributed by atoms with Gasteiger partial charge in [0.05, 0.1) is 0 Å². The highest BCUT2D eigenvalue weighted by Gasteiger charge is 2.20. The Morgan fingerprint density at radius 1 is 1.36 bits per heavy atom. The molecule has 1 heterocycles. The summed E-state index contributed by atoms with van der Waals surface area (Å²) in [6.45, 7) is 9.90. The van der Waals surface area contributed by atoms with Gasteiger partial charge < -0.3 is 5.32 Å². The lowest BCUT2D eigenvalue weighted by Gasteiger charge is -2.11. The number of hydrogen-bond donors (Lipinski definition) is 1. The maximum atomic E-state index is 4.55. The topological polar surface area (TPSA) is 24.4 Å². The van der Waals surface area contributed by atoms with Gasteiger partial charge in [0, 0.05) is 18.3 Å². The second-order valence-corrected chi connectivity index (χ2v) is 5.83. The average Bonchev–Trinajstić information content (AvgIpc) is 2.47. The molecule has 0 aliphatic carbocycles. The molecule has 0 aromatic carbocycles. The lowest BCUT2D eigenvalue weighted by atomic mass is 10.1. The Morgan fingerprint density at radius 3 is 2.64 bits per heavy atom. The van der Waals surface area contributed by atoms with E-state index in [2.05, 4.69) is 38.0 Å². The Morgan fingerprint density at radius 2 is 2.07 bits per heavy atom. The molecule has 14 heavy (non-hydrogen) atoms. The fourth-order valence-electron chi connectivity index (χ4n) is 1.49. The van der Waals surface area contributed by atoms with Gasteiger partial charge in [-0.3, -0.25) is 4.99 Å². The largest absolute Gasteiger partial charge is 0.361 e. The van der Waals surface area contributed by atoms with Crippen molar-refractivity contribution in [2.24, 2.45) is 16.8 Å². The molecule has 1 unspecified atom stereocenters. The molecule has 1 aliphatic heterocycles. The lowest BCUT2D eigenvalue weighted by Crippen LogP contribution is -2.28. The van der Waals surface area contributed by atoms with Crippen LogP contribution in [-0.2, 0) is 0 Å². The molecule has 1 saturated heterocycles. The van der Waals surface area contributed by atoms with Gasteiger partial charge in [-0.1, -0.05) is 39.5 Å². The number of aliphatic imine (C=N–C) groups is 1. The summed E-state index contributed by atoms with van der Waals surface area (Å²) < 4.78 is 0. The van der Waals surface area contributed by atoms with Crippen LogP contribution in [0.15, 0.2) is 4.99 Å². The van der Waals surface area contributed by atoms with Crippen molar-refractivity contribution in [3.8, 4) is 0 Å². The molecule has 82 valence electrons. The maximum absolute atomic E-state index is 4.55. The first-order valence-corrected chi connectivity index (χ1v) is 6.50. The molecule has 2 nitrogen and oxygen atoms in total. The van der Waals surface area contributed by atoms with E-state index < -0.39 is 0 Å². The highest BCUT2D eigenvalue weighted by Crippen LogP contribution is 2.19. The molecule has 0 aromatic heterocycles. The van der Waals surface area contributed by atoms with Crippen molar-refractivity contribution < 1.29 is 0 Å². The van der Waals surface area contributed by atoms with Crippen molar-refractivity contribution in [1.82, 2.24) is 5.32 Å².